The van der Waals surface area contributed by atoms with Crippen LogP contribution in [0.15, 0.2) is 22.1 Å². The van der Waals surface area contributed by atoms with Crippen molar-refractivity contribution in [3.8, 4) is 0 Å². The van der Waals surface area contributed by atoms with Gasteiger partial charge in [-0.25, -0.2) is 13.1 Å². The maximum atomic E-state index is 14.2. The van der Waals surface area contributed by atoms with Crippen LogP contribution in [0.25, 0.3) is 0 Å². The first kappa shape index (κ1) is 31.7. The average molecular weight is 634 g/mol. The molecule has 7 N–H and O–H groups in total. The van der Waals surface area contributed by atoms with Crippen molar-refractivity contribution in [3.05, 3.63) is 56.1 Å². The largest absolute Gasteiger partial charge is 0.394 e. The van der Waals surface area contributed by atoms with Crippen molar-refractivity contribution in [1.82, 2.24) is 5.16 Å². The Balaban J connectivity index is 1.80. The van der Waals surface area contributed by atoms with Gasteiger partial charge < -0.3 is 40.2 Å². The lowest BCUT2D eigenvalue weighted by atomic mass is 9.83. The summed E-state index contributed by atoms with van der Waals surface area (Å²) >= 11 is 7.14. The van der Waals surface area contributed by atoms with E-state index in [1.807, 2.05) is 0 Å². The van der Waals surface area contributed by atoms with E-state index in [-0.39, 0.29) is 28.8 Å². The number of aromatic nitrogens is 1. The second-order valence-electron chi connectivity index (χ2n) is 10.0. The number of nitrogens with one attached hydrogen (secondary N) is 1. The van der Waals surface area contributed by atoms with E-state index in [1.165, 1.54) is 18.4 Å². The zero-order chi connectivity index (χ0) is 30.4. The summed E-state index contributed by atoms with van der Waals surface area (Å²) in [4.78, 5) is 12.7. The fourth-order valence-electron chi connectivity index (χ4n) is 5.31. The van der Waals surface area contributed by atoms with Gasteiger partial charge >= 0.3 is 0 Å². The quantitative estimate of drug-likeness (QED) is 0.224. The van der Waals surface area contributed by atoms with Crippen LogP contribution in [0, 0.1) is 27.7 Å². The summed E-state index contributed by atoms with van der Waals surface area (Å²) in [5.41, 5.74) is 8.47. The van der Waals surface area contributed by atoms with Gasteiger partial charge in [0.15, 0.2) is 11.0 Å². The number of aliphatic hydroxyl groups excluding tert-OH is 4. The molecule has 13 nitrogen and oxygen atoms in total. The van der Waals surface area contributed by atoms with Crippen LogP contribution in [0.4, 0.5) is 5.88 Å². The monoisotopic (exact) mass is 633 g/mol. The predicted molar refractivity (Wildman–Crippen MR) is 149 cm³/mol. The molecule has 0 bridgehead atoms. The summed E-state index contributed by atoms with van der Waals surface area (Å²) < 4.78 is 45.1. The van der Waals surface area contributed by atoms with Gasteiger partial charge in [-0.15, -0.1) is 11.8 Å². The summed E-state index contributed by atoms with van der Waals surface area (Å²) in [6.07, 6.45) is -6.01. The highest BCUT2D eigenvalue weighted by molar-refractivity contribution is 8.05. The SMILES string of the molecule is Cc1cc(C)c(C2(S(=O)(=O)Nc3onc(C)c3Cl)C=CSC2C(N)=O)c(C)c1CO[C@H]1O[C@H](CO)[C@@H](O)[C@H](O)[C@@H]1O. The molecule has 1 amide bonds. The number of carbonyl (C=O) groups is 1. The number of nitrogens with two attached hydrogens (primary N) is 1. The van der Waals surface area contributed by atoms with Crippen LogP contribution in [0.1, 0.15) is 33.5 Å². The number of aryl methyl sites for hydroxylation is 3. The number of hydrogen-bond donors (Lipinski definition) is 6. The molecule has 4 rings (SSSR count). The van der Waals surface area contributed by atoms with Gasteiger partial charge in [-0.1, -0.05) is 22.8 Å². The van der Waals surface area contributed by atoms with E-state index in [9.17, 15) is 33.6 Å². The third-order valence-corrected chi connectivity index (χ3v) is 11.1. The first-order valence-corrected chi connectivity index (χ1v) is 15.3. The maximum absolute atomic E-state index is 14.2. The molecule has 2 unspecified atom stereocenters. The number of amides is 1. The Kier molecular flexibility index (Phi) is 9.14. The molecule has 0 radical (unpaired) electrons. The van der Waals surface area contributed by atoms with Crippen LogP contribution < -0.4 is 10.5 Å². The topological polar surface area (TPSA) is 215 Å². The standard InChI is InChI=1S/C25H32ClN3O10S2/c1-10-7-11(2)16(12(3)14(10)9-37-24-20(33)19(32)18(31)15(8-30)38-24)25(5-6-40-21(25)22(27)34)41(35,36)29-23-17(26)13(4)28-39-23/h5-7,15,18-21,24,29-33H,8-9H2,1-4H3,(H2,27,34)/t15-,18-,19+,20+,21?,24+,25?/m1/s1. The zero-order valence-corrected chi connectivity index (χ0v) is 25.0. The van der Waals surface area contributed by atoms with E-state index in [1.54, 1.807) is 26.8 Å². The van der Waals surface area contributed by atoms with Crippen LogP contribution in [0.5, 0.6) is 0 Å². The van der Waals surface area contributed by atoms with E-state index < -0.39 is 63.2 Å². The summed E-state index contributed by atoms with van der Waals surface area (Å²) in [5, 5.41) is 43.9. The fourth-order valence-corrected chi connectivity index (χ4v) is 8.88. The molecule has 1 aromatic carbocycles. The lowest BCUT2D eigenvalue weighted by Crippen LogP contribution is -2.59. The lowest BCUT2D eigenvalue weighted by molar-refractivity contribution is -0.304. The van der Waals surface area contributed by atoms with Crippen molar-refractivity contribution in [1.29, 1.82) is 0 Å². The normalized spacial score (nSPS) is 30.1. The van der Waals surface area contributed by atoms with Crippen LogP contribution in [0.2, 0.25) is 5.02 Å². The summed E-state index contributed by atoms with van der Waals surface area (Å²) in [6.45, 7) is 5.83. The van der Waals surface area contributed by atoms with Gasteiger partial charge in [-0.2, -0.15) is 0 Å². The number of halogens is 1. The van der Waals surface area contributed by atoms with Gasteiger partial charge in [0.25, 0.3) is 5.88 Å². The number of aliphatic hydroxyl groups is 4. The van der Waals surface area contributed by atoms with Crippen LogP contribution in [-0.2, 0) is 35.6 Å². The Morgan fingerprint density at radius 3 is 2.46 bits per heavy atom. The molecule has 0 spiro atoms. The molecule has 16 heteroatoms. The number of rotatable bonds is 9. The molecule has 1 fully saturated rings. The zero-order valence-electron chi connectivity index (χ0n) is 22.6. The van der Waals surface area contributed by atoms with Crippen molar-refractivity contribution in [2.75, 3.05) is 11.3 Å². The molecule has 2 aliphatic rings. The third-order valence-electron chi connectivity index (χ3n) is 7.40. The molecule has 41 heavy (non-hydrogen) atoms. The second kappa shape index (κ2) is 11.8. The van der Waals surface area contributed by atoms with Crippen LogP contribution in [0.3, 0.4) is 0 Å². The van der Waals surface area contributed by atoms with Crippen molar-refractivity contribution in [3.63, 3.8) is 0 Å². The van der Waals surface area contributed by atoms with Gasteiger partial charge in [0.1, 0.15) is 40.4 Å². The Hall–Kier alpha value is -2.21. The number of carbonyl (C=O) groups excluding carboxylic acids is 1. The minimum atomic E-state index is -4.54. The van der Waals surface area contributed by atoms with Gasteiger partial charge in [-0.05, 0) is 67.0 Å². The first-order chi connectivity index (χ1) is 19.2. The Morgan fingerprint density at radius 1 is 1.20 bits per heavy atom. The number of nitrogens with zero attached hydrogens (tertiary/aromatic N) is 1. The lowest BCUT2D eigenvalue weighted by Gasteiger charge is -2.40. The van der Waals surface area contributed by atoms with Crippen molar-refractivity contribution in [2.45, 2.75) is 75.0 Å². The Morgan fingerprint density at radius 2 is 1.88 bits per heavy atom. The molecule has 7 atom stereocenters. The number of hydrogen-bond acceptors (Lipinski definition) is 12. The van der Waals surface area contributed by atoms with Gasteiger partial charge in [0.2, 0.25) is 15.9 Å². The molecule has 2 aromatic rings. The molecule has 3 heterocycles. The molecule has 226 valence electrons. The average Bonchev–Trinajstić information content (AvgIpc) is 3.48. The number of primary amides is 1. The second-order valence-corrected chi connectivity index (χ2v) is 13.3. The fraction of sp³-hybridized carbons (Fsp3) is 0.520. The molecule has 0 aliphatic carbocycles. The van der Waals surface area contributed by atoms with E-state index in [4.69, 9.17) is 31.3 Å². The minimum Gasteiger partial charge on any atom is -0.394 e. The van der Waals surface area contributed by atoms with Gasteiger partial charge in [0, 0.05) is 0 Å². The van der Waals surface area contributed by atoms with Crippen molar-refractivity contribution >= 4 is 45.2 Å². The van der Waals surface area contributed by atoms with E-state index in [2.05, 4.69) is 9.88 Å². The Bertz CT molecular complexity index is 1460. The molecule has 1 aromatic heterocycles. The van der Waals surface area contributed by atoms with E-state index in [0.717, 1.165) is 11.8 Å². The van der Waals surface area contributed by atoms with Crippen LogP contribution >= 0.6 is 23.4 Å². The van der Waals surface area contributed by atoms with Gasteiger partial charge in [-0.3, -0.25) is 4.79 Å². The molecular weight excluding hydrogens is 602 g/mol. The highest BCUT2D eigenvalue weighted by Gasteiger charge is 2.57. The summed E-state index contributed by atoms with van der Waals surface area (Å²) in [7, 11) is -4.54. The van der Waals surface area contributed by atoms with Crippen LogP contribution in [-0.4, -0.2) is 82.5 Å². The number of sulfonamides is 1. The Labute approximate surface area is 245 Å². The number of ether oxygens (including phenoxy) is 2. The van der Waals surface area contributed by atoms with Crippen molar-refractivity contribution < 1.29 is 47.6 Å². The number of anilines is 1. The highest BCUT2D eigenvalue weighted by Crippen LogP contribution is 2.50. The predicted octanol–water partition coefficient (Wildman–Crippen LogP) is 0.630. The number of benzene rings is 1. The highest BCUT2D eigenvalue weighted by atomic mass is 35.5. The first-order valence-electron chi connectivity index (χ1n) is 12.5. The summed E-state index contributed by atoms with van der Waals surface area (Å²) in [6, 6.07) is 1.73. The number of thioether (sulfide) groups is 1. The molecular formula is C25H32ClN3O10S2. The summed E-state index contributed by atoms with van der Waals surface area (Å²) in [5.74, 6) is -1.19. The smallest absolute Gasteiger partial charge is 0.257 e. The maximum Gasteiger partial charge on any atom is 0.257 e. The third kappa shape index (κ3) is 5.39. The van der Waals surface area contributed by atoms with E-state index in [0.29, 0.717) is 22.3 Å². The van der Waals surface area contributed by atoms with Gasteiger partial charge in [0.05, 0.1) is 13.2 Å². The van der Waals surface area contributed by atoms with E-state index >= 15 is 0 Å². The molecule has 1 saturated heterocycles. The van der Waals surface area contributed by atoms with Crippen molar-refractivity contribution in [2.24, 2.45) is 5.73 Å². The molecule has 0 saturated carbocycles. The minimum absolute atomic E-state index is 0.0417. The molecule has 2 aliphatic heterocycles.